The number of hydrogen-bond acceptors (Lipinski definition) is 4. The van der Waals surface area contributed by atoms with Gasteiger partial charge >= 0.3 is 5.69 Å². The van der Waals surface area contributed by atoms with Gasteiger partial charge in [-0.1, -0.05) is 18.2 Å². The highest BCUT2D eigenvalue weighted by molar-refractivity contribution is 5.42. The Labute approximate surface area is 104 Å². The van der Waals surface area contributed by atoms with E-state index in [-0.39, 0.29) is 5.69 Å². The summed E-state index contributed by atoms with van der Waals surface area (Å²) in [5.74, 6) is 0.688. The van der Waals surface area contributed by atoms with E-state index in [0.29, 0.717) is 5.95 Å². The van der Waals surface area contributed by atoms with Crippen LogP contribution in [0.1, 0.15) is 0 Å². The van der Waals surface area contributed by atoms with Gasteiger partial charge in [0.1, 0.15) is 0 Å². The van der Waals surface area contributed by atoms with Crippen LogP contribution in [0.15, 0.2) is 35.1 Å². The minimum absolute atomic E-state index is 0.199. The van der Waals surface area contributed by atoms with E-state index < -0.39 is 0 Å². The van der Waals surface area contributed by atoms with Gasteiger partial charge in [-0.25, -0.2) is 14.5 Å². The van der Waals surface area contributed by atoms with Gasteiger partial charge in [-0.15, -0.1) is 5.10 Å². The molecule has 6 heteroatoms. The van der Waals surface area contributed by atoms with Crippen molar-refractivity contribution in [3.63, 3.8) is 0 Å². The lowest BCUT2D eigenvalue weighted by Gasteiger charge is -2.27. The van der Waals surface area contributed by atoms with E-state index >= 15 is 0 Å². The van der Waals surface area contributed by atoms with E-state index in [1.54, 1.807) is 4.57 Å². The van der Waals surface area contributed by atoms with E-state index in [1.807, 2.05) is 30.3 Å². The van der Waals surface area contributed by atoms with Gasteiger partial charge in [-0.2, -0.15) is 0 Å². The Morgan fingerprint density at radius 3 is 2.56 bits per heavy atom. The summed E-state index contributed by atoms with van der Waals surface area (Å²) in [5, 5.41) is 9.95. The second-order valence-electron chi connectivity index (χ2n) is 4.24. The van der Waals surface area contributed by atoms with Crippen LogP contribution in [0.25, 0.3) is 5.69 Å². The lowest BCUT2D eigenvalue weighted by molar-refractivity contribution is 0.576. The molecule has 0 amide bonds. The molecule has 3 rings (SSSR count). The molecule has 94 valence electrons. The number of aromatic nitrogens is 3. The summed E-state index contributed by atoms with van der Waals surface area (Å²) in [7, 11) is 0. The average molecular weight is 245 g/mol. The molecule has 2 aromatic rings. The fourth-order valence-electron chi connectivity index (χ4n) is 2.18. The number of H-pyrrole nitrogens is 1. The smallest absolute Gasteiger partial charge is 0.338 e. The first-order valence-corrected chi connectivity index (χ1v) is 6.05. The molecule has 1 aliphatic heterocycles. The van der Waals surface area contributed by atoms with Gasteiger partial charge in [0.15, 0.2) is 0 Å². The molecule has 1 aromatic heterocycles. The number of nitrogens with zero attached hydrogens (tertiary/aromatic N) is 3. The molecule has 1 saturated heterocycles. The van der Waals surface area contributed by atoms with Gasteiger partial charge in [0.05, 0.1) is 5.69 Å². The Kier molecular flexibility index (Phi) is 2.85. The second kappa shape index (κ2) is 4.66. The van der Waals surface area contributed by atoms with Crippen molar-refractivity contribution >= 4 is 5.95 Å². The fraction of sp³-hybridized carbons (Fsp3) is 0.333. The number of rotatable bonds is 2. The van der Waals surface area contributed by atoms with Crippen LogP contribution in [0.2, 0.25) is 0 Å². The zero-order valence-corrected chi connectivity index (χ0v) is 9.97. The van der Waals surface area contributed by atoms with Crippen LogP contribution in [-0.4, -0.2) is 40.9 Å². The van der Waals surface area contributed by atoms with Gasteiger partial charge in [-0.05, 0) is 12.1 Å². The van der Waals surface area contributed by atoms with Crippen molar-refractivity contribution in [3.05, 3.63) is 40.8 Å². The molecule has 0 saturated carbocycles. The summed E-state index contributed by atoms with van der Waals surface area (Å²) in [6, 6.07) is 9.57. The molecular weight excluding hydrogens is 230 g/mol. The van der Waals surface area contributed by atoms with E-state index in [2.05, 4.69) is 20.4 Å². The molecule has 0 unspecified atom stereocenters. The normalized spacial score (nSPS) is 15.9. The van der Waals surface area contributed by atoms with Crippen LogP contribution in [0.4, 0.5) is 5.95 Å². The number of piperazine rings is 1. The van der Waals surface area contributed by atoms with Gasteiger partial charge in [-0.3, -0.25) is 0 Å². The summed E-state index contributed by atoms with van der Waals surface area (Å²) < 4.78 is 1.62. The SMILES string of the molecule is O=c1[nH]nc(N2CCNCC2)n1-c1ccccc1. The summed E-state index contributed by atoms with van der Waals surface area (Å²) in [6.45, 7) is 3.54. The molecule has 0 spiro atoms. The van der Waals surface area contributed by atoms with E-state index in [9.17, 15) is 4.79 Å². The summed E-state index contributed by atoms with van der Waals surface area (Å²) in [5.41, 5.74) is 0.638. The highest BCUT2D eigenvalue weighted by Gasteiger charge is 2.18. The van der Waals surface area contributed by atoms with Crippen LogP contribution >= 0.6 is 0 Å². The van der Waals surface area contributed by atoms with Crippen LogP contribution < -0.4 is 15.9 Å². The quantitative estimate of drug-likeness (QED) is 0.780. The minimum atomic E-state index is -0.199. The number of hydrogen-bond donors (Lipinski definition) is 2. The number of aromatic amines is 1. The maximum atomic E-state index is 11.9. The van der Waals surface area contributed by atoms with Gasteiger partial charge < -0.3 is 10.2 Å². The Morgan fingerprint density at radius 2 is 1.83 bits per heavy atom. The predicted molar refractivity (Wildman–Crippen MR) is 69.3 cm³/mol. The van der Waals surface area contributed by atoms with Crippen molar-refractivity contribution in [3.8, 4) is 5.69 Å². The van der Waals surface area contributed by atoms with Crippen molar-refractivity contribution in [1.82, 2.24) is 20.1 Å². The maximum absolute atomic E-state index is 11.9. The monoisotopic (exact) mass is 245 g/mol. The molecule has 0 atom stereocenters. The van der Waals surface area contributed by atoms with E-state index in [4.69, 9.17) is 0 Å². The lowest BCUT2D eigenvalue weighted by atomic mass is 10.3. The molecule has 0 aliphatic carbocycles. The third-order valence-electron chi connectivity index (χ3n) is 3.07. The van der Waals surface area contributed by atoms with Crippen molar-refractivity contribution in [1.29, 1.82) is 0 Å². The summed E-state index contributed by atoms with van der Waals surface area (Å²) in [6.07, 6.45) is 0. The van der Waals surface area contributed by atoms with Crippen LogP contribution in [0, 0.1) is 0 Å². The van der Waals surface area contributed by atoms with Crippen LogP contribution in [0.3, 0.4) is 0 Å². The zero-order valence-electron chi connectivity index (χ0n) is 9.97. The van der Waals surface area contributed by atoms with Gasteiger partial charge in [0, 0.05) is 26.2 Å². The van der Waals surface area contributed by atoms with Crippen molar-refractivity contribution in [2.24, 2.45) is 0 Å². The average Bonchev–Trinajstić information content (AvgIpc) is 2.83. The van der Waals surface area contributed by atoms with Crippen LogP contribution in [-0.2, 0) is 0 Å². The first kappa shape index (κ1) is 11.0. The molecular formula is C12H15N5O. The zero-order chi connectivity index (χ0) is 12.4. The largest absolute Gasteiger partial charge is 0.349 e. The number of anilines is 1. The highest BCUT2D eigenvalue weighted by atomic mass is 16.1. The first-order valence-electron chi connectivity index (χ1n) is 6.05. The Bertz CT molecular complexity index is 568. The predicted octanol–water partition coefficient (Wildman–Crippen LogP) is -0.0298. The maximum Gasteiger partial charge on any atom is 0.349 e. The molecule has 1 aliphatic rings. The minimum Gasteiger partial charge on any atom is -0.338 e. The fourth-order valence-corrected chi connectivity index (χ4v) is 2.18. The Morgan fingerprint density at radius 1 is 1.11 bits per heavy atom. The number of benzene rings is 1. The number of para-hydroxylation sites is 1. The van der Waals surface area contributed by atoms with E-state index in [0.717, 1.165) is 31.9 Å². The molecule has 2 heterocycles. The topological polar surface area (TPSA) is 66.0 Å². The Hall–Kier alpha value is -2.08. The second-order valence-corrected chi connectivity index (χ2v) is 4.24. The summed E-state index contributed by atoms with van der Waals surface area (Å²) in [4.78, 5) is 14.0. The molecule has 2 N–H and O–H groups in total. The number of nitrogens with one attached hydrogen (secondary N) is 2. The van der Waals surface area contributed by atoms with Gasteiger partial charge in [0.25, 0.3) is 0 Å². The molecule has 0 bridgehead atoms. The molecule has 0 radical (unpaired) electrons. The van der Waals surface area contributed by atoms with Crippen molar-refractivity contribution in [2.45, 2.75) is 0 Å². The Balaban J connectivity index is 2.04. The lowest BCUT2D eigenvalue weighted by Crippen LogP contribution is -2.44. The van der Waals surface area contributed by atoms with Gasteiger partial charge in [0.2, 0.25) is 5.95 Å². The third kappa shape index (κ3) is 1.91. The van der Waals surface area contributed by atoms with Crippen molar-refractivity contribution < 1.29 is 0 Å². The summed E-state index contributed by atoms with van der Waals surface area (Å²) >= 11 is 0. The van der Waals surface area contributed by atoms with Crippen LogP contribution in [0.5, 0.6) is 0 Å². The molecule has 1 aromatic carbocycles. The first-order chi connectivity index (χ1) is 8.86. The van der Waals surface area contributed by atoms with Crippen molar-refractivity contribution in [2.75, 3.05) is 31.1 Å². The molecule has 1 fully saturated rings. The highest BCUT2D eigenvalue weighted by Crippen LogP contribution is 2.14. The third-order valence-corrected chi connectivity index (χ3v) is 3.07. The standard InChI is InChI=1S/C12H15N5O/c18-12-15-14-11(16-8-6-13-7-9-16)17(12)10-4-2-1-3-5-10/h1-5,13H,6-9H2,(H,15,18). The molecule has 6 nitrogen and oxygen atoms in total. The molecule has 18 heavy (non-hydrogen) atoms. The van der Waals surface area contributed by atoms with E-state index in [1.165, 1.54) is 0 Å².